The normalized spacial score (nSPS) is 24.1. The van der Waals surface area contributed by atoms with Crippen LogP contribution in [-0.2, 0) is 9.47 Å². The molecule has 10 heteroatoms. The number of nitrogens with one attached hydrogen (secondary N) is 2. The third-order valence-corrected chi connectivity index (χ3v) is 6.55. The molecule has 1 aromatic heterocycles. The largest absolute Gasteiger partial charge is 0.462 e. The van der Waals surface area contributed by atoms with Crippen LogP contribution in [0, 0.1) is 6.92 Å². The van der Waals surface area contributed by atoms with E-state index in [0.717, 1.165) is 38.5 Å². The summed E-state index contributed by atoms with van der Waals surface area (Å²) in [6, 6.07) is -0.0825. The molecule has 1 amide bonds. The van der Waals surface area contributed by atoms with Crippen molar-refractivity contribution < 1.29 is 19.1 Å². The molecule has 2 heterocycles. The van der Waals surface area contributed by atoms with Gasteiger partial charge in [-0.1, -0.05) is 26.2 Å². The summed E-state index contributed by atoms with van der Waals surface area (Å²) in [5.41, 5.74) is 1.55. The zero-order valence-electron chi connectivity index (χ0n) is 21.0. The van der Waals surface area contributed by atoms with Gasteiger partial charge in [-0.05, 0) is 40.0 Å². The van der Waals surface area contributed by atoms with Gasteiger partial charge in [0.1, 0.15) is 5.56 Å². The number of amides is 1. The second-order valence-corrected chi connectivity index (χ2v) is 8.99. The van der Waals surface area contributed by atoms with Crippen molar-refractivity contribution in [1.82, 2.24) is 20.3 Å². The fraction of sp³-hybridized carbons (Fsp3) is 0.708. The number of aryl methyl sites for hydroxylation is 1. The molecular formula is C24H38N6O4. The number of nitrogens with zero attached hydrogens (tertiary/aromatic N) is 4. The average molecular weight is 475 g/mol. The van der Waals surface area contributed by atoms with Gasteiger partial charge in [-0.15, -0.1) is 0 Å². The minimum atomic E-state index is -0.427. The van der Waals surface area contributed by atoms with E-state index in [2.05, 4.69) is 27.6 Å². The van der Waals surface area contributed by atoms with Gasteiger partial charge in [0, 0.05) is 19.3 Å². The van der Waals surface area contributed by atoms with Crippen LogP contribution >= 0.6 is 0 Å². The van der Waals surface area contributed by atoms with Crippen LogP contribution in [0.3, 0.4) is 0 Å². The number of esters is 1. The van der Waals surface area contributed by atoms with Gasteiger partial charge in [-0.3, -0.25) is 5.01 Å². The van der Waals surface area contributed by atoms with Gasteiger partial charge < -0.3 is 20.1 Å². The number of alkyl carbamates (subject to hydrolysis) is 1. The molecule has 1 aliphatic heterocycles. The van der Waals surface area contributed by atoms with Gasteiger partial charge in [0.25, 0.3) is 0 Å². The lowest BCUT2D eigenvalue weighted by molar-refractivity contribution is 0.0522. The van der Waals surface area contributed by atoms with Crippen molar-refractivity contribution in [3.05, 3.63) is 17.0 Å². The van der Waals surface area contributed by atoms with Gasteiger partial charge in [0.2, 0.25) is 5.95 Å². The van der Waals surface area contributed by atoms with Gasteiger partial charge in [0.15, 0.2) is 0 Å². The van der Waals surface area contributed by atoms with Crippen molar-refractivity contribution in [2.75, 3.05) is 25.6 Å². The van der Waals surface area contributed by atoms with Crippen LogP contribution in [0.2, 0.25) is 0 Å². The monoisotopic (exact) mass is 474 g/mol. The van der Waals surface area contributed by atoms with Crippen molar-refractivity contribution in [2.24, 2.45) is 5.10 Å². The molecule has 10 nitrogen and oxygen atoms in total. The summed E-state index contributed by atoms with van der Waals surface area (Å²) in [5, 5.41) is 12.7. The molecule has 4 atom stereocenters. The van der Waals surface area contributed by atoms with Crippen molar-refractivity contribution >= 4 is 24.2 Å². The Morgan fingerprint density at radius 2 is 1.88 bits per heavy atom. The molecule has 0 radical (unpaired) electrons. The summed E-state index contributed by atoms with van der Waals surface area (Å²) in [6.07, 6.45) is 7.06. The maximum absolute atomic E-state index is 12.8. The highest BCUT2D eigenvalue weighted by Crippen LogP contribution is 2.30. The first-order chi connectivity index (χ1) is 16.3. The number of unbranched alkanes of at least 4 members (excludes halogenated alkanes) is 1. The molecule has 2 unspecified atom stereocenters. The van der Waals surface area contributed by atoms with Crippen LogP contribution in [0.5, 0.6) is 0 Å². The van der Waals surface area contributed by atoms with Crippen molar-refractivity contribution in [3.8, 4) is 0 Å². The molecule has 0 saturated heterocycles. The molecule has 2 N–H and O–H groups in total. The summed E-state index contributed by atoms with van der Waals surface area (Å²) >= 11 is 0. The van der Waals surface area contributed by atoms with Crippen molar-refractivity contribution in [3.63, 3.8) is 0 Å². The first kappa shape index (κ1) is 25.7. The maximum atomic E-state index is 12.8. The highest BCUT2D eigenvalue weighted by Gasteiger charge is 2.34. The highest BCUT2D eigenvalue weighted by molar-refractivity contribution is 5.93. The molecule has 1 aromatic rings. The van der Waals surface area contributed by atoms with Crippen LogP contribution in [0.15, 0.2) is 5.10 Å². The minimum Gasteiger partial charge on any atom is -0.462 e. The number of ether oxygens (including phenoxy) is 2. The van der Waals surface area contributed by atoms with Crippen LogP contribution in [0.4, 0.5) is 10.7 Å². The van der Waals surface area contributed by atoms with E-state index >= 15 is 0 Å². The fourth-order valence-corrected chi connectivity index (χ4v) is 4.44. The zero-order valence-corrected chi connectivity index (χ0v) is 21.0. The molecule has 2 aliphatic rings. The summed E-state index contributed by atoms with van der Waals surface area (Å²) in [4.78, 5) is 34.4. The van der Waals surface area contributed by atoms with E-state index in [-0.39, 0.29) is 36.7 Å². The third-order valence-electron chi connectivity index (χ3n) is 6.55. The number of hydrazone groups is 1. The lowest BCUT2D eigenvalue weighted by Crippen LogP contribution is -2.49. The molecule has 1 aliphatic carbocycles. The first-order valence-electron chi connectivity index (χ1n) is 12.4. The predicted molar refractivity (Wildman–Crippen MR) is 130 cm³/mol. The highest BCUT2D eigenvalue weighted by atomic mass is 16.5. The number of hydrogen-bond acceptors (Lipinski definition) is 9. The van der Waals surface area contributed by atoms with Crippen LogP contribution < -0.4 is 10.6 Å². The molecule has 1 fully saturated rings. The van der Waals surface area contributed by atoms with E-state index in [0.29, 0.717) is 29.5 Å². The SMILES string of the molecule is CCCCOC(=O)N[C@H]1CCCC[C@H]1Nc1nc(C)c(C(=O)OCC)c(C2C=NN(C)C2C)n1. The van der Waals surface area contributed by atoms with E-state index in [1.807, 2.05) is 25.2 Å². The fourth-order valence-electron chi connectivity index (χ4n) is 4.44. The summed E-state index contributed by atoms with van der Waals surface area (Å²) in [6.45, 7) is 8.37. The van der Waals surface area contributed by atoms with Gasteiger partial charge in [-0.25, -0.2) is 19.6 Å². The minimum absolute atomic E-state index is 0.0366. The van der Waals surface area contributed by atoms with E-state index in [9.17, 15) is 9.59 Å². The lowest BCUT2D eigenvalue weighted by Gasteiger charge is -2.32. The van der Waals surface area contributed by atoms with E-state index in [1.54, 1.807) is 13.8 Å². The lowest BCUT2D eigenvalue weighted by atomic mass is 9.90. The average Bonchev–Trinajstić information content (AvgIpc) is 3.13. The molecule has 0 bridgehead atoms. The Bertz CT molecular complexity index is 892. The molecule has 188 valence electrons. The van der Waals surface area contributed by atoms with Crippen LogP contribution in [-0.4, -0.2) is 71.6 Å². The summed E-state index contributed by atoms with van der Waals surface area (Å²) in [5.74, 6) is -0.155. The molecule has 3 rings (SSSR count). The smallest absolute Gasteiger partial charge is 0.407 e. The number of anilines is 1. The Morgan fingerprint density at radius 1 is 1.15 bits per heavy atom. The van der Waals surface area contributed by atoms with E-state index in [4.69, 9.17) is 14.5 Å². The maximum Gasteiger partial charge on any atom is 0.407 e. The number of rotatable bonds is 9. The van der Waals surface area contributed by atoms with Crippen LogP contribution in [0.25, 0.3) is 0 Å². The van der Waals surface area contributed by atoms with Crippen LogP contribution in [0.1, 0.15) is 87.0 Å². The van der Waals surface area contributed by atoms with Gasteiger partial charge in [0.05, 0.1) is 42.6 Å². The Balaban J connectivity index is 1.83. The zero-order chi connectivity index (χ0) is 24.7. The van der Waals surface area contributed by atoms with E-state index in [1.165, 1.54) is 0 Å². The Labute approximate surface area is 201 Å². The Hall–Kier alpha value is -2.91. The standard InChI is InChI=1S/C24H38N6O4/c1-6-8-13-34-24(32)28-19-12-10-9-11-18(19)27-23-26-15(3)20(22(31)33-7-2)21(29-23)17-14-25-30(5)16(17)4/h14,16-19H,6-13H2,1-5H3,(H,28,32)(H,26,27,29)/t16?,17?,18-,19+/m1/s1. The van der Waals surface area contributed by atoms with E-state index < -0.39 is 5.97 Å². The Kier molecular flexibility index (Phi) is 9.06. The quantitative estimate of drug-likeness (QED) is 0.412. The second kappa shape index (κ2) is 12.0. The number of carbonyl (C=O) groups is 2. The summed E-state index contributed by atoms with van der Waals surface area (Å²) in [7, 11) is 1.90. The predicted octanol–water partition coefficient (Wildman–Crippen LogP) is 3.61. The number of hydrogen-bond donors (Lipinski definition) is 2. The number of aromatic nitrogens is 2. The number of carbonyl (C=O) groups excluding carboxylic acids is 2. The molecule has 0 spiro atoms. The first-order valence-corrected chi connectivity index (χ1v) is 12.4. The number of likely N-dealkylation sites (N-methyl/N-ethyl adjacent to an activating group) is 1. The van der Waals surface area contributed by atoms with Crippen molar-refractivity contribution in [2.45, 2.75) is 90.3 Å². The molecule has 0 aromatic carbocycles. The van der Waals surface area contributed by atoms with Gasteiger partial charge >= 0.3 is 12.1 Å². The Morgan fingerprint density at radius 3 is 2.53 bits per heavy atom. The molecule has 34 heavy (non-hydrogen) atoms. The second-order valence-electron chi connectivity index (χ2n) is 8.99. The molecule has 1 saturated carbocycles. The summed E-state index contributed by atoms with van der Waals surface area (Å²) < 4.78 is 10.6. The van der Waals surface area contributed by atoms with Crippen molar-refractivity contribution in [1.29, 1.82) is 0 Å². The third kappa shape index (κ3) is 6.15. The van der Waals surface area contributed by atoms with Gasteiger partial charge in [-0.2, -0.15) is 5.10 Å². The molecular weight excluding hydrogens is 436 g/mol. The topological polar surface area (TPSA) is 118 Å².